The van der Waals surface area contributed by atoms with Crippen LogP contribution >= 0.6 is 22.6 Å². The molecule has 0 aliphatic rings. The zero-order valence-corrected chi connectivity index (χ0v) is 13.0. The first-order chi connectivity index (χ1) is 8.88. The number of hydrogen-bond acceptors (Lipinski definition) is 2. The van der Waals surface area contributed by atoms with Crippen LogP contribution in [0.2, 0.25) is 0 Å². The molecule has 3 N–H and O–H groups in total. The van der Waals surface area contributed by atoms with Gasteiger partial charge < -0.3 is 15.7 Å². The zero-order chi connectivity index (χ0) is 14.4. The van der Waals surface area contributed by atoms with Crippen LogP contribution in [0.3, 0.4) is 0 Å². The van der Waals surface area contributed by atoms with Gasteiger partial charge in [-0.1, -0.05) is 13.8 Å². The zero-order valence-electron chi connectivity index (χ0n) is 10.8. The maximum atomic E-state index is 11.7. The number of halogens is 1. The Labute approximate surface area is 125 Å². The molecule has 0 spiro atoms. The number of anilines is 1. The number of benzene rings is 1. The predicted octanol–water partition coefficient (Wildman–Crippen LogP) is 2.91. The highest BCUT2D eigenvalue weighted by atomic mass is 127. The van der Waals surface area contributed by atoms with Gasteiger partial charge in [0.25, 0.3) is 0 Å². The minimum atomic E-state index is -1.02. The molecule has 6 heteroatoms. The molecule has 0 unspecified atom stereocenters. The van der Waals surface area contributed by atoms with Crippen LogP contribution < -0.4 is 10.6 Å². The third kappa shape index (κ3) is 5.91. The third-order valence-electron chi connectivity index (χ3n) is 2.41. The fraction of sp³-hybridized carbons (Fsp3) is 0.385. The average Bonchev–Trinajstić information content (AvgIpc) is 2.30. The van der Waals surface area contributed by atoms with Gasteiger partial charge in [0.15, 0.2) is 0 Å². The first kappa shape index (κ1) is 15.7. The number of rotatable bonds is 5. The first-order valence-corrected chi connectivity index (χ1v) is 7.02. The van der Waals surface area contributed by atoms with E-state index in [-0.39, 0.29) is 5.92 Å². The standard InChI is InChI=1S/C13H17IN2O3/c1-8(2)7-11(12(17)18)16-13(19)15-10-5-3-9(14)4-6-10/h3-6,8,11H,7H2,1-2H3,(H,17,18)(H2,15,16,19)/t11-/m1/s1. The molecule has 0 saturated heterocycles. The van der Waals surface area contributed by atoms with E-state index >= 15 is 0 Å². The molecule has 1 aromatic carbocycles. The van der Waals surface area contributed by atoms with Gasteiger partial charge in [-0.3, -0.25) is 0 Å². The minimum Gasteiger partial charge on any atom is -0.480 e. The quantitative estimate of drug-likeness (QED) is 0.692. The molecule has 19 heavy (non-hydrogen) atoms. The first-order valence-electron chi connectivity index (χ1n) is 5.94. The normalized spacial score (nSPS) is 12.0. The smallest absolute Gasteiger partial charge is 0.326 e. The molecular weight excluding hydrogens is 359 g/mol. The summed E-state index contributed by atoms with van der Waals surface area (Å²) in [6.45, 7) is 3.82. The van der Waals surface area contributed by atoms with Crippen LogP contribution in [0.15, 0.2) is 24.3 Å². The lowest BCUT2D eigenvalue weighted by atomic mass is 10.0. The molecule has 0 aromatic heterocycles. The second-order valence-electron chi connectivity index (χ2n) is 4.63. The number of carbonyl (C=O) groups excluding carboxylic acids is 1. The van der Waals surface area contributed by atoms with Gasteiger partial charge in [-0.15, -0.1) is 0 Å². The number of carboxylic acid groups (broad SMARTS) is 1. The minimum absolute atomic E-state index is 0.194. The highest BCUT2D eigenvalue weighted by Crippen LogP contribution is 2.11. The van der Waals surface area contributed by atoms with E-state index in [1.807, 2.05) is 26.0 Å². The van der Waals surface area contributed by atoms with Gasteiger partial charge in [0.05, 0.1) is 0 Å². The van der Waals surface area contributed by atoms with Gasteiger partial charge >= 0.3 is 12.0 Å². The maximum absolute atomic E-state index is 11.7. The van der Waals surface area contributed by atoms with Crippen molar-refractivity contribution in [2.24, 2.45) is 5.92 Å². The SMILES string of the molecule is CC(C)C[C@@H](NC(=O)Nc1ccc(I)cc1)C(=O)O. The van der Waals surface area contributed by atoms with Crippen molar-refractivity contribution in [3.8, 4) is 0 Å². The summed E-state index contributed by atoms with van der Waals surface area (Å²) >= 11 is 2.17. The molecule has 1 atom stereocenters. The van der Waals surface area contributed by atoms with E-state index in [0.29, 0.717) is 12.1 Å². The second kappa shape index (κ2) is 7.32. The van der Waals surface area contributed by atoms with Crippen molar-refractivity contribution in [3.05, 3.63) is 27.8 Å². The van der Waals surface area contributed by atoms with E-state index in [9.17, 15) is 9.59 Å². The Balaban J connectivity index is 2.57. The van der Waals surface area contributed by atoms with Gasteiger partial charge in [0.2, 0.25) is 0 Å². The highest BCUT2D eigenvalue weighted by molar-refractivity contribution is 14.1. The third-order valence-corrected chi connectivity index (χ3v) is 3.13. The van der Waals surface area contributed by atoms with Crippen LogP contribution in [0.4, 0.5) is 10.5 Å². The maximum Gasteiger partial charge on any atom is 0.326 e. The fourth-order valence-electron chi connectivity index (χ4n) is 1.55. The molecule has 0 fully saturated rings. The molecule has 1 aromatic rings. The van der Waals surface area contributed by atoms with Crippen molar-refractivity contribution in [2.75, 3.05) is 5.32 Å². The van der Waals surface area contributed by atoms with Crippen LogP contribution in [0.1, 0.15) is 20.3 Å². The van der Waals surface area contributed by atoms with Crippen LogP contribution in [-0.4, -0.2) is 23.1 Å². The van der Waals surface area contributed by atoms with E-state index in [1.165, 1.54) is 0 Å². The Hall–Kier alpha value is -1.31. The van der Waals surface area contributed by atoms with Crippen molar-refractivity contribution >= 4 is 40.3 Å². The lowest BCUT2D eigenvalue weighted by Crippen LogP contribution is -2.43. The van der Waals surface area contributed by atoms with Crippen LogP contribution in [0, 0.1) is 9.49 Å². The van der Waals surface area contributed by atoms with E-state index in [2.05, 4.69) is 33.2 Å². The number of hydrogen-bond donors (Lipinski definition) is 3. The molecular formula is C13H17IN2O3. The Kier molecular flexibility index (Phi) is 6.07. The molecule has 0 radical (unpaired) electrons. The molecule has 2 amide bonds. The second-order valence-corrected chi connectivity index (χ2v) is 5.87. The van der Waals surface area contributed by atoms with E-state index in [4.69, 9.17) is 5.11 Å². The molecule has 0 heterocycles. The summed E-state index contributed by atoms with van der Waals surface area (Å²) < 4.78 is 1.06. The van der Waals surface area contributed by atoms with Crippen LogP contribution in [-0.2, 0) is 4.79 Å². The van der Waals surface area contributed by atoms with Crippen molar-refractivity contribution in [1.82, 2.24) is 5.32 Å². The van der Waals surface area contributed by atoms with Crippen LogP contribution in [0.25, 0.3) is 0 Å². The van der Waals surface area contributed by atoms with Crippen molar-refractivity contribution in [3.63, 3.8) is 0 Å². The molecule has 104 valence electrons. The van der Waals surface area contributed by atoms with Gasteiger partial charge in [-0.2, -0.15) is 0 Å². The average molecular weight is 376 g/mol. The number of urea groups is 1. The summed E-state index contributed by atoms with van der Waals surface area (Å²) in [5.74, 6) is -0.828. The number of carbonyl (C=O) groups is 2. The van der Waals surface area contributed by atoms with Crippen LogP contribution in [0.5, 0.6) is 0 Å². The molecule has 5 nitrogen and oxygen atoms in total. The summed E-state index contributed by atoms with van der Waals surface area (Å²) in [5, 5.41) is 14.1. The summed E-state index contributed by atoms with van der Waals surface area (Å²) in [6, 6.07) is 5.87. The molecule has 0 aliphatic carbocycles. The topological polar surface area (TPSA) is 78.4 Å². The van der Waals surface area contributed by atoms with Gasteiger partial charge in [0, 0.05) is 9.26 Å². The van der Waals surface area contributed by atoms with E-state index in [0.717, 1.165) is 3.57 Å². The largest absolute Gasteiger partial charge is 0.480 e. The Bertz CT molecular complexity index is 446. The summed E-state index contributed by atoms with van der Waals surface area (Å²) in [7, 11) is 0. The molecule has 0 bridgehead atoms. The predicted molar refractivity (Wildman–Crippen MR) is 82.2 cm³/mol. The Morgan fingerprint density at radius 3 is 2.32 bits per heavy atom. The summed E-state index contributed by atoms with van der Waals surface area (Å²) in [5.41, 5.74) is 0.631. The van der Waals surface area contributed by atoms with E-state index < -0.39 is 18.0 Å². The molecule has 0 saturated carbocycles. The number of aliphatic carboxylic acids is 1. The van der Waals surface area contributed by atoms with Crippen molar-refractivity contribution < 1.29 is 14.7 Å². The lowest BCUT2D eigenvalue weighted by molar-refractivity contribution is -0.139. The monoisotopic (exact) mass is 376 g/mol. The van der Waals surface area contributed by atoms with Gasteiger partial charge in [-0.25, -0.2) is 9.59 Å². The lowest BCUT2D eigenvalue weighted by Gasteiger charge is -2.16. The van der Waals surface area contributed by atoms with Gasteiger partial charge in [0.1, 0.15) is 6.04 Å². The molecule has 0 aliphatic heterocycles. The van der Waals surface area contributed by atoms with Crippen molar-refractivity contribution in [1.29, 1.82) is 0 Å². The van der Waals surface area contributed by atoms with E-state index in [1.54, 1.807) is 12.1 Å². The fourth-order valence-corrected chi connectivity index (χ4v) is 1.91. The Morgan fingerprint density at radius 1 is 1.26 bits per heavy atom. The highest BCUT2D eigenvalue weighted by Gasteiger charge is 2.20. The number of amides is 2. The summed E-state index contributed by atoms with van der Waals surface area (Å²) in [4.78, 5) is 22.7. The summed E-state index contributed by atoms with van der Waals surface area (Å²) in [6.07, 6.45) is 0.398. The van der Waals surface area contributed by atoms with Crippen molar-refractivity contribution in [2.45, 2.75) is 26.3 Å². The molecule has 1 rings (SSSR count). The Morgan fingerprint density at radius 2 is 1.84 bits per heavy atom. The van der Waals surface area contributed by atoms with Gasteiger partial charge in [-0.05, 0) is 59.2 Å². The number of carboxylic acids is 1. The number of nitrogens with one attached hydrogen (secondary N) is 2.